The van der Waals surface area contributed by atoms with Gasteiger partial charge < -0.3 is 11.1 Å². The molecule has 0 aromatic carbocycles. The van der Waals surface area contributed by atoms with Crippen molar-refractivity contribution in [1.29, 1.82) is 0 Å². The number of nitrogens with two attached hydrogens (primary N) is 1. The Morgan fingerprint density at radius 3 is 2.24 bits per heavy atom. The van der Waals surface area contributed by atoms with Crippen LogP contribution < -0.4 is 11.1 Å². The van der Waals surface area contributed by atoms with E-state index in [1.807, 2.05) is 13.8 Å². The van der Waals surface area contributed by atoms with E-state index in [4.69, 9.17) is 5.73 Å². The number of hydrogen-bond acceptors (Lipinski definition) is 5. The van der Waals surface area contributed by atoms with E-state index in [1.165, 1.54) is 0 Å². The molecule has 98 valence electrons. The molecule has 4 nitrogen and oxygen atoms in total. The first-order valence-electron chi connectivity index (χ1n) is 5.24. The third-order valence-corrected chi connectivity index (χ3v) is 3.59. The number of nitrogens with one attached hydrogen (secondary N) is 1. The van der Waals surface area contributed by atoms with Crippen LogP contribution in [0.1, 0.15) is 31.7 Å². The van der Waals surface area contributed by atoms with Crippen LogP contribution >= 0.6 is 11.3 Å². The number of anilines is 1. The molecule has 0 radical (unpaired) electrons. The van der Waals surface area contributed by atoms with Gasteiger partial charge >= 0.3 is 6.18 Å². The Labute approximate surface area is 101 Å². The topological polar surface area (TPSA) is 63.8 Å². The zero-order chi connectivity index (χ0) is 13.1. The summed E-state index contributed by atoms with van der Waals surface area (Å²) in [6.07, 6.45) is -2.96. The first kappa shape index (κ1) is 14.2. The fraction of sp³-hybridized carbons (Fsp3) is 0.778. The molecule has 0 atom stereocenters. The van der Waals surface area contributed by atoms with Crippen molar-refractivity contribution in [3.63, 3.8) is 0 Å². The second kappa shape index (κ2) is 5.18. The zero-order valence-electron chi connectivity index (χ0n) is 9.64. The summed E-state index contributed by atoms with van der Waals surface area (Å²) >= 11 is 0.488. The zero-order valence-corrected chi connectivity index (χ0v) is 10.5. The van der Waals surface area contributed by atoms with Gasteiger partial charge in [0.2, 0.25) is 10.1 Å². The van der Waals surface area contributed by atoms with Crippen molar-refractivity contribution in [2.75, 3.05) is 11.9 Å². The first-order valence-corrected chi connectivity index (χ1v) is 6.06. The number of aromatic nitrogens is 2. The molecule has 0 unspecified atom stereocenters. The van der Waals surface area contributed by atoms with E-state index in [1.54, 1.807) is 0 Å². The molecule has 1 rings (SSSR count). The van der Waals surface area contributed by atoms with Crippen LogP contribution in [0.5, 0.6) is 0 Å². The summed E-state index contributed by atoms with van der Waals surface area (Å²) in [5.41, 5.74) is 5.58. The van der Waals surface area contributed by atoms with E-state index in [0.717, 1.165) is 12.8 Å². The quantitative estimate of drug-likeness (QED) is 0.861. The van der Waals surface area contributed by atoms with Gasteiger partial charge in [0.25, 0.3) is 0 Å². The van der Waals surface area contributed by atoms with E-state index in [2.05, 4.69) is 15.5 Å². The highest BCUT2D eigenvalue weighted by Gasteiger charge is 2.35. The minimum Gasteiger partial charge on any atom is -0.358 e. The molecule has 1 aromatic rings. The summed E-state index contributed by atoms with van der Waals surface area (Å²) in [4.78, 5) is 0. The standard InChI is InChI=1S/C9H15F3N4S/c1-3-8(13,4-2)5-14-7-16-15-6(17-7)9(10,11)12/h3-5,13H2,1-2H3,(H,14,16). The van der Waals surface area contributed by atoms with Gasteiger partial charge in [-0.1, -0.05) is 25.2 Å². The fourth-order valence-electron chi connectivity index (χ4n) is 1.16. The van der Waals surface area contributed by atoms with Gasteiger partial charge in [-0.2, -0.15) is 13.2 Å². The highest BCUT2D eigenvalue weighted by molar-refractivity contribution is 7.15. The maximum absolute atomic E-state index is 12.3. The molecule has 0 fully saturated rings. The first-order chi connectivity index (χ1) is 7.80. The third kappa shape index (κ3) is 3.81. The van der Waals surface area contributed by atoms with Crippen LogP contribution in [-0.4, -0.2) is 22.3 Å². The molecule has 1 aromatic heterocycles. The Kier molecular flexibility index (Phi) is 4.31. The number of rotatable bonds is 5. The molecule has 0 amide bonds. The predicted molar refractivity (Wildman–Crippen MR) is 60.9 cm³/mol. The predicted octanol–water partition coefficient (Wildman–Crippen LogP) is 2.49. The van der Waals surface area contributed by atoms with Gasteiger partial charge in [-0.05, 0) is 12.8 Å². The van der Waals surface area contributed by atoms with Crippen LogP contribution in [0, 0.1) is 0 Å². The minimum absolute atomic E-state index is 0.147. The minimum atomic E-state index is -4.44. The number of nitrogens with zero attached hydrogens (tertiary/aromatic N) is 2. The van der Waals surface area contributed by atoms with Gasteiger partial charge in [-0.3, -0.25) is 0 Å². The van der Waals surface area contributed by atoms with Crippen molar-refractivity contribution >= 4 is 16.5 Å². The lowest BCUT2D eigenvalue weighted by Crippen LogP contribution is -2.45. The van der Waals surface area contributed by atoms with Crippen LogP contribution in [0.15, 0.2) is 0 Å². The number of alkyl halides is 3. The Balaban J connectivity index is 2.62. The van der Waals surface area contributed by atoms with Gasteiger partial charge in [0.1, 0.15) is 0 Å². The van der Waals surface area contributed by atoms with Crippen molar-refractivity contribution in [3.05, 3.63) is 5.01 Å². The van der Waals surface area contributed by atoms with E-state index in [0.29, 0.717) is 17.9 Å². The van der Waals surface area contributed by atoms with Gasteiger partial charge in [-0.15, -0.1) is 10.2 Å². The van der Waals surface area contributed by atoms with Gasteiger partial charge in [0.05, 0.1) is 0 Å². The molecular formula is C9H15F3N4S. The lowest BCUT2D eigenvalue weighted by molar-refractivity contribution is -0.138. The molecule has 0 aliphatic rings. The molecular weight excluding hydrogens is 253 g/mol. The lowest BCUT2D eigenvalue weighted by atomic mass is 9.94. The summed E-state index contributed by atoms with van der Waals surface area (Å²) in [5, 5.41) is 8.51. The largest absolute Gasteiger partial charge is 0.445 e. The maximum Gasteiger partial charge on any atom is 0.445 e. The lowest BCUT2D eigenvalue weighted by Gasteiger charge is -2.26. The Morgan fingerprint density at radius 1 is 1.24 bits per heavy atom. The van der Waals surface area contributed by atoms with E-state index < -0.39 is 16.7 Å². The van der Waals surface area contributed by atoms with Gasteiger partial charge in [0.15, 0.2) is 0 Å². The van der Waals surface area contributed by atoms with Gasteiger partial charge in [0, 0.05) is 12.1 Å². The molecule has 0 spiro atoms. The highest BCUT2D eigenvalue weighted by Crippen LogP contribution is 2.33. The van der Waals surface area contributed by atoms with Crippen molar-refractivity contribution in [2.24, 2.45) is 5.73 Å². The Morgan fingerprint density at radius 2 is 1.82 bits per heavy atom. The van der Waals surface area contributed by atoms with Crippen molar-refractivity contribution in [1.82, 2.24) is 10.2 Å². The second-order valence-corrected chi connectivity index (χ2v) is 4.81. The van der Waals surface area contributed by atoms with E-state index in [9.17, 15) is 13.2 Å². The average molecular weight is 268 g/mol. The molecule has 0 aliphatic heterocycles. The SMILES string of the molecule is CCC(N)(CC)CNc1nnc(C(F)(F)F)s1. The van der Waals surface area contributed by atoms with Crippen molar-refractivity contribution in [2.45, 2.75) is 38.4 Å². The molecule has 3 N–H and O–H groups in total. The molecule has 17 heavy (non-hydrogen) atoms. The van der Waals surface area contributed by atoms with Crippen LogP contribution in [0.2, 0.25) is 0 Å². The third-order valence-electron chi connectivity index (χ3n) is 2.67. The fourth-order valence-corrected chi connectivity index (χ4v) is 1.77. The van der Waals surface area contributed by atoms with Crippen LogP contribution in [0.3, 0.4) is 0 Å². The molecule has 0 bridgehead atoms. The van der Waals surface area contributed by atoms with E-state index >= 15 is 0 Å². The Bertz CT molecular complexity index is 359. The van der Waals surface area contributed by atoms with Crippen molar-refractivity contribution < 1.29 is 13.2 Å². The highest BCUT2D eigenvalue weighted by atomic mass is 32.1. The summed E-state index contributed by atoms with van der Waals surface area (Å²) in [7, 11) is 0. The molecule has 1 heterocycles. The van der Waals surface area contributed by atoms with Gasteiger partial charge in [-0.25, -0.2) is 0 Å². The summed E-state index contributed by atoms with van der Waals surface area (Å²) in [6.45, 7) is 4.26. The normalized spacial score (nSPS) is 12.8. The maximum atomic E-state index is 12.3. The second-order valence-electron chi connectivity index (χ2n) is 3.83. The van der Waals surface area contributed by atoms with Crippen LogP contribution in [0.4, 0.5) is 18.3 Å². The molecule has 8 heteroatoms. The summed E-state index contributed by atoms with van der Waals surface area (Å²) in [5.74, 6) is 0. The molecule has 0 saturated carbocycles. The number of halogens is 3. The van der Waals surface area contributed by atoms with E-state index in [-0.39, 0.29) is 5.13 Å². The Hall–Kier alpha value is -0.890. The van der Waals surface area contributed by atoms with Crippen molar-refractivity contribution in [3.8, 4) is 0 Å². The molecule has 0 aliphatic carbocycles. The summed E-state index contributed by atoms with van der Waals surface area (Å²) in [6, 6.07) is 0. The number of hydrogen-bond donors (Lipinski definition) is 2. The average Bonchev–Trinajstić information content (AvgIpc) is 2.74. The van der Waals surface area contributed by atoms with Crippen LogP contribution in [0.25, 0.3) is 0 Å². The molecule has 0 saturated heterocycles. The summed E-state index contributed by atoms with van der Waals surface area (Å²) < 4.78 is 36.8. The monoisotopic (exact) mass is 268 g/mol. The van der Waals surface area contributed by atoms with Crippen LogP contribution in [-0.2, 0) is 6.18 Å². The smallest absolute Gasteiger partial charge is 0.358 e.